The maximum absolute atomic E-state index is 14.1. The van der Waals surface area contributed by atoms with Crippen molar-refractivity contribution in [1.82, 2.24) is 9.97 Å². The Morgan fingerprint density at radius 2 is 1.80 bits per heavy atom. The van der Waals surface area contributed by atoms with Crippen LogP contribution in [0.15, 0.2) is 22.7 Å². The zero-order valence-electron chi connectivity index (χ0n) is 11.1. The molecule has 0 unspecified atom stereocenters. The highest BCUT2D eigenvalue weighted by Crippen LogP contribution is 2.32. The van der Waals surface area contributed by atoms with Crippen LogP contribution in [0.5, 0.6) is 0 Å². The van der Waals surface area contributed by atoms with Crippen LogP contribution in [0.1, 0.15) is 26.6 Å². The summed E-state index contributed by atoms with van der Waals surface area (Å²) in [6.45, 7) is 5.70. The van der Waals surface area contributed by atoms with Gasteiger partial charge in [-0.25, -0.2) is 18.7 Å². The van der Waals surface area contributed by atoms with E-state index in [1.165, 1.54) is 18.2 Å². The van der Waals surface area contributed by atoms with E-state index in [0.717, 1.165) is 0 Å². The van der Waals surface area contributed by atoms with Gasteiger partial charge in [0.1, 0.15) is 22.6 Å². The average Bonchev–Trinajstić information content (AvgIpc) is 2.33. The van der Waals surface area contributed by atoms with Crippen molar-refractivity contribution in [1.29, 1.82) is 0 Å². The third kappa shape index (κ3) is 2.99. The summed E-state index contributed by atoms with van der Waals surface area (Å²) < 4.78 is 28.2. The van der Waals surface area contributed by atoms with Gasteiger partial charge in [0.05, 0.1) is 15.7 Å². The zero-order chi connectivity index (χ0) is 15.1. The highest BCUT2D eigenvalue weighted by molar-refractivity contribution is 9.10. The van der Waals surface area contributed by atoms with Crippen molar-refractivity contribution < 1.29 is 8.78 Å². The fourth-order valence-electron chi connectivity index (χ4n) is 1.64. The number of nitrogens with zero attached hydrogens (tertiary/aromatic N) is 2. The first-order chi connectivity index (χ1) is 9.20. The summed E-state index contributed by atoms with van der Waals surface area (Å²) in [5.41, 5.74) is -0.459. The molecular weight excluding hydrogens is 350 g/mol. The molecule has 6 heteroatoms. The van der Waals surface area contributed by atoms with E-state index in [9.17, 15) is 8.78 Å². The lowest BCUT2D eigenvalue weighted by molar-refractivity contribution is 0.544. The second kappa shape index (κ2) is 5.37. The van der Waals surface area contributed by atoms with Crippen LogP contribution in [0.2, 0.25) is 5.15 Å². The summed E-state index contributed by atoms with van der Waals surface area (Å²) >= 11 is 8.98. The molecule has 0 aliphatic carbocycles. The predicted molar refractivity (Wildman–Crippen MR) is 78.8 cm³/mol. The molecule has 0 aliphatic rings. The van der Waals surface area contributed by atoms with Gasteiger partial charge < -0.3 is 0 Å². The molecule has 1 heterocycles. The largest absolute Gasteiger partial charge is 0.232 e. The van der Waals surface area contributed by atoms with Gasteiger partial charge in [-0.3, -0.25) is 0 Å². The Kier molecular flexibility index (Phi) is 4.12. The van der Waals surface area contributed by atoms with Crippen molar-refractivity contribution in [2.45, 2.75) is 26.2 Å². The van der Waals surface area contributed by atoms with Gasteiger partial charge in [-0.1, -0.05) is 32.4 Å². The lowest BCUT2D eigenvalue weighted by atomic mass is 9.95. The fourth-order valence-corrected chi connectivity index (χ4v) is 2.16. The lowest BCUT2D eigenvalue weighted by Crippen LogP contribution is -2.16. The minimum atomic E-state index is -0.709. The van der Waals surface area contributed by atoms with Gasteiger partial charge in [0.15, 0.2) is 0 Å². The Balaban J connectivity index is 2.71. The van der Waals surface area contributed by atoms with Crippen molar-refractivity contribution >= 4 is 27.5 Å². The molecule has 2 rings (SSSR count). The third-order valence-corrected chi connectivity index (χ3v) is 3.47. The minimum absolute atomic E-state index is 0.131. The Morgan fingerprint density at radius 1 is 1.15 bits per heavy atom. The van der Waals surface area contributed by atoms with Crippen molar-refractivity contribution in [3.05, 3.63) is 45.3 Å². The molecule has 0 spiro atoms. The second-order valence-electron chi connectivity index (χ2n) is 5.37. The highest BCUT2D eigenvalue weighted by atomic mass is 79.9. The molecular formula is C14H12BrClF2N2. The van der Waals surface area contributed by atoms with Crippen LogP contribution in [0, 0.1) is 11.6 Å². The Hall–Kier alpha value is -1.07. The molecule has 0 atom stereocenters. The van der Waals surface area contributed by atoms with Crippen LogP contribution in [-0.4, -0.2) is 9.97 Å². The molecule has 0 fully saturated rings. The Labute approximate surface area is 129 Å². The molecule has 20 heavy (non-hydrogen) atoms. The van der Waals surface area contributed by atoms with Crippen LogP contribution < -0.4 is 0 Å². The molecule has 0 amide bonds. The number of rotatable bonds is 1. The second-order valence-corrected chi connectivity index (χ2v) is 6.61. The van der Waals surface area contributed by atoms with Gasteiger partial charge in [0.2, 0.25) is 0 Å². The normalized spacial score (nSPS) is 11.8. The highest BCUT2D eigenvalue weighted by Gasteiger charge is 2.22. The van der Waals surface area contributed by atoms with Crippen LogP contribution in [-0.2, 0) is 5.41 Å². The van der Waals surface area contributed by atoms with Gasteiger partial charge in [0, 0.05) is 11.5 Å². The standard InChI is InChI=1S/C14H12BrClF2N2/c1-14(2,3)13-19-9(6-10(16)20-13)11-8(17)5-4-7(15)12(11)18/h4-6H,1-3H3. The van der Waals surface area contributed by atoms with E-state index < -0.39 is 11.6 Å². The summed E-state index contributed by atoms with van der Waals surface area (Å²) in [5, 5.41) is 0.152. The molecule has 1 aromatic carbocycles. The maximum atomic E-state index is 14.1. The maximum Gasteiger partial charge on any atom is 0.149 e. The average molecular weight is 362 g/mol. The van der Waals surface area contributed by atoms with Crippen LogP contribution in [0.3, 0.4) is 0 Å². The van der Waals surface area contributed by atoms with Crippen molar-refractivity contribution in [3.63, 3.8) is 0 Å². The lowest BCUT2D eigenvalue weighted by Gasteiger charge is -2.18. The van der Waals surface area contributed by atoms with E-state index in [4.69, 9.17) is 11.6 Å². The van der Waals surface area contributed by atoms with E-state index in [2.05, 4.69) is 25.9 Å². The smallest absolute Gasteiger partial charge is 0.149 e. The van der Waals surface area contributed by atoms with E-state index in [0.29, 0.717) is 5.82 Å². The molecule has 106 valence electrons. The molecule has 2 aromatic rings. The monoisotopic (exact) mass is 360 g/mol. The molecule has 0 N–H and O–H groups in total. The van der Waals surface area contributed by atoms with Gasteiger partial charge in [-0.15, -0.1) is 0 Å². The summed E-state index contributed by atoms with van der Waals surface area (Å²) in [5.74, 6) is -0.973. The van der Waals surface area contributed by atoms with Gasteiger partial charge in [-0.2, -0.15) is 0 Å². The van der Waals surface area contributed by atoms with E-state index in [-0.39, 0.29) is 26.3 Å². The number of halogens is 4. The van der Waals surface area contributed by atoms with Crippen molar-refractivity contribution in [2.75, 3.05) is 0 Å². The number of hydrogen-bond donors (Lipinski definition) is 0. The van der Waals surface area contributed by atoms with Gasteiger partial charge in [-0.05, 0) is 28.1 Å². The third-order valence-electron chi connectivity index (χ3n) is 2.67. The topological polar surface area (TPSA) is 25.8 Å². The number of hydrogen-bond acceptors (Lipinski definition) is 2. The van der Waals surface area contributed by atoms with E-state index in [1.807, 2.05) is 20.8 Å². The van der Waals surface area contributed by atoms with Crippen LogP contribution >= 0.6 is 27.5 Å². The summed E-state index contributed by atoms with van der Waals surface area (Å²) in [7, 11) is 0. The number of benzene rings is 1. The minimum Gasteiger partial charge on any atom is -0.232 e. The van der Waals surface area contributed by atoms with E-state index >= 15 is 0 Å². The SMILES string of the molecule is CC(C)(C)c1nc(Cl)cc(-c2c(F)ccc(Br)c2F)n1. The molecule has 1 aromatic heterocycles. The molecule has 0 bridgehead atoms. The summed E-state index contributed by atoms with van der Waals surface area (Å²) in [6.07, 6.45) is 0. The quantitative estimate of drug-likeness (QED) is 0.519. The molecule has 0 aliphatic heterocycles. The first kappa shape index (κ1) is 15.3. The van der Waals surface area contributed by atoms with Crippen LogP contribution in [0.25, 0.3) is 11.3 Å². The predicted octanol–water partition coefficient (Wildman–Crippen LogP) is 5.14. The van der Waals surface area contributed by atoms with Crippen molar-refractivity contribution in [3.8, 4) is 11.3 Å². The van der Waals surface area contributed by atoms with Crippen LogP contribution in [0.4, 0.5) is 8.78 Å². The molecule has 0 saturated carbocycles. The number of aromatic nitrogens is 2. The van der Waals surface area contributed by atoms with E-state index in [1.54, 1.807) is 0 Å². The zero-order valence-corrected chi connectivity index (χ0v) is 13.5. The van der Waals surface area contributed by atoms with Crippen molar-refractivity contribution in [2.24, 2.45) is 0 Å². The fraction of sp³-hybridized carbons (Fsp3) is 0.286. The molecule has 0 radical (unpaired) electrons. The molecule has 0 saturated heterocycles. The first-order valence-corrected chi connectivity index (χ1v) is 7.06. The summed E-state index contributed by atoms with van der Waals surface area (Å²) in [4.78, 5) is 8.35. The molecule has 2 nitrogen and oxygen atoms in total. The summed E-state index contributed by atoms with van der Waals surface area (Å²) in [6, 6.07) is 3.83. The Bertz CT molecular complexity index is 669. The Morgan fingerprint density at radius 3 is 2.40 bits per heavy atom. The first-order valence-electron chi connectivity index (χ1n) is 5.89. The van der Waals surface area contributed by atoms with Gasteiger partial charge >= 0.3 is 0 Å². The van der Waals surface area contributed by atoms with Gasteiger partial charge in [0.25, 0.3) is 0 Å².